The van der Waals surface area contributed by atoms with Crippen LogP contribution in [0, 0.1) is 0 Å². The van der Waals surface area contributed by atoms with Crippen LogP contribution in [0.2, 0.25) is 0 Å². The minimum Gasteiger partial charge on any atom is -0.361 e. The normalized spacial score (nSPS) is 11.5. The van der Waals surface area contributed by atoms with Crippen LogP contribution < -0.4 is 11.2 Å². The zero-order valence-electron chi connectivity index (χ0n) is 10.7. The monoisotopic (exact) mass is 247 g/mol. The number of hydrazone groups is 1. The molecule has 0 aliphatic heterocycles. The highest BCUT2D eigenvalue weighted by molar-refractivity contribution is 6.34. The molecule has 1 aromatic carbocycles. The number of nitrogens with two attached hydrogens (primary N) is 1. The summed E-state index contributed by atoms with van der Waals surface area (Å²) < 4.78 is 0. The summed E-state index contributed by atoms with van der Waals surface area (Å²) in [7, 11) is 0. The van der Waals surface area contributed by atoms with Crippen LogP contribution in [0.3, 0.4) is 0 Å². The molecule has 0 radical (unpaired) electrons. The van der Waals surface area contributed by atoms with Gasteiger partial charge in [0.05, 0.1) is 6.21 Å². The quantitative estimate of drug-likeness (QED) is 0.462. The fourth-order valence-corrected chi connectivity index (χ4v) is 1.29. The van der Waals surface area contributed by atoms with Crippen molar-refractivity contribution in [2.45, 2.75) is 26.2 Å². The van der Waals surface area contributed by atoms with E-state index in [1.807, 2.05) is 29.7 Å². The summed E-state index contributed by atoms with van der Waals surface area (Å²) in [4.78, 5) is 21.3. The Morgan fingerprint density at radius 1 is 1.22 bits per heavy atom. The molecule has 0 bridgehead atoms. The highest BCUT2D eigenvalue weighted by Gasteiger charge is 2.12. The van der Waals surface area contributed by atoms with E-state index < -0.39 is 11.8 Å². The first kappa shape index (κ1) is 13.9. The van der Waals surface area contributed by atoms with Crippen LogP contribution in [-0.4, -0.2) is 18.0 Å². The number of benzene rings is 1. The number of hydrogen-bond acceptors (Lipinski definition) is 3. The van der Waals surface area contributed by atoms with Crippen LogP contribution in [-0.2, 0) is 15.0 Å². The van der Waals surface area contributed by atoms with Gasteiger partial charge in [0.15, 0.2) is 0 Å². The van der Waals surface area contributed by atoms with Crippen molar-refractivity contribution in [3.8, 4) is 0 Å². The molecule has 1 aromatic rings. The van der Waals surface area contributed by atoms with Gasteiger partial charge in [-0.3, -0.25) is 9.59 Å². The number of rotatable bonds is 2. The zero-order valence-corrected chi connectivity index (χ0v) is 10.7. The third-order valence-electron chi connectivity index (χ3n) is 2.38. The van der Waals surface area contributed by atoms with E-state index in [9.17, 15) is 9.59 Å². The Balaban J connectivity index is 2.67. The van der Waals surface area contributed by atoms with Gasteiger partial charge in [-0.15, -0.1) is 0 Å². The van der Waals surface area contributed by atoms with Crippen molar-refractivity contribution in [3.05, 3.63) is 35.4 Å². The number of hydrogen-bond donors (Lipinski definition) is 2. The number of nitrogens with zero attached hydrogens (tertiary/aromatic N) is 1. The maximum Gasteiger partial charge on any atom is 0.329 e. The Hall–Kier alpha value is -2.17. The van der Waals surface area contributed by atoms with Crippen LogP contribution in [0.4, 0.5) is 0 Å². The molecule has 0 aliphatic rings. The van der Waals surface area contributed by atoms with Crippen molar-refractivity contribution in [1.29, 1.82) is 0 Å². The molecule has 18 heavy (non-hydrogen) atoms. The Morgan fingerprint density at radius 2 is 1.78 bits per heavy atom. The molecule has 3 N–H and O–H groups in total. The lowest BCUT2D eigenvalue weighted by Crippen LogP contribution is -2.32. The van der Waals surface area contributed by atoms with E-state index in [1.54, 1.807) is 0 Å². The Labute approximate surface area is 106 Å². The summed E-state index contributed by atoms with van der Waals surface area (Å²) in [6.07, 6.45) is 1.45. The molecular formula is C13H17N3O2. The van der Waals surface area contributed by atoms with E-state index in [4.69, 9.17) is 5.73 Å². The molecule has 5 nitrogen and oxygen atoms in total. The fourth-order valence-electron chi connectivity index (χ4n) is 1.29. The largest absolute Gasteiger partial charge is 0.361 e. The van der Waals surface area contributed by atoms with E-state index >= 15 is 0 Å². The summed E-state index contributed by atoms with van der Waals surface area (Å²) in [5.41, 5.74) is 8.92. The van der Waals surface area contributed by atoms with E-state index in [0.29, 0.717) is 0 Å². The number of carbonyl (C=O) groups excluding carboxylic acids is 2. The third kappa shape index (κ3) is 4.01. The fraction of sp³-hybridized carbons (Fsp3) is 0.308. The molecule has 0 saturated carbocycles. The van der Waals surface area contributed by atoms with Gasteiger partial charge in [-0.05, 0) is 16.5 Å². The third-order valence-corrected chi connectivity index (χ3v) is 2.38. The van der Waals surface area contributed by atoms with Gasteiger partial charge in [0, 0.05) is 0 Å². The molecule has 2 amide bonds. The molecule has 0 saturated heterocycles. The molecule has 1 rings (SSSR count). The number of amides is 2. The van der Waals surface area contributed by atoms with Gasteiger partial charge in [0.2, 0.25) is 0 Å². The zero-order chi connectivity index (χ0) is 13.8. The van der Waals surface area contributed by atoms with E-state index in [2.05, 4.69) is 25.9 Å². The van der Waals surface area contributed by atoms with Gasteiger partial charge in [-0.1, -0.05) is 45.0 Å². The summed E-state index contributed by atoms with van der Waals surface area (Å²) >= 11 is 0. The maximum absolute atomic E-state index is 10.8. The molecule has 0 unspecified atom stereocenters. The van der Waals surface area contributed by atoms with Crippen LogP contribution in [0.15, 0.2) is 29.4 Å². The average molecular weight is 247 g/mol. The van der Waals surface area contributed by atoms with Crippen molar-refractivity contribution in [3.63, 3.8) is 0 Å². The summed E-state index contributed by atoms with van der Waals surface area (Å²) in [6.45, 7) is 6.38. The van der Waals surface area contributed by atoms with Crippen LogP contribution >= 0.6 is 0 Å². The van der Waals surface area contributed by atoms with Gasteiger partial charge in [0.1, 0.15) is 0 Å². The van der Waals surface area contributed by atoms with Crippen LogP contribution in [0.1, 0.15) is 31.9 Å². The molecular weight excluding hydrogens is 230 g/mol. The van der Waals surface area contributed by atoms with Gasteiger partial charge in [0.25, 0.3) is 0 Å². The van der Waals surface area contributed by atoms with Crippen LogP contribution in [0.25, 0.3) is 0 Å². The van der Waals surface area contributed by atoms with Gasteiger partial charge >= 0.3 is 11.8 Å². The van der Waals surface area contributed by atoms with E-state index in [0.717, 1.165) is 5.56 Å². The number of primary amides is 1. The molecule has 5 heteroatoms. The number of carbonyl (C=O) groups is 2. The van der Waals surface area contributed by atoms with Crippen molar-refractivity contribution in [2.75, 3.05) is 0 Å². The van der Waals surface area contributed by atoms with E-state index in [-0.39, 0.29) is 5.41 Å². The summed E-state index contributed by atoms with van der Waals surface area (Å²) in [5, 5.41) is 3.63. The highest BCUT2D eigenvalue weighted by Crippen LogP contribution is 2.21. The first-order valence-corrected chi connectivity index (χ1v) is 5.54. The first-order valence-electron chi connectivity index (χ1n) is 5.54. The Bertz CT molecular complexity index is 470. The lowest BCUT2D eigenvalue weighted by Gasteiger charge is -2.18. The smallest absolute Gasteiger partial charge is 0.329 e. The molecule has 0 spiro atoms. The summed E-state index contributed by atoms with van der Waals surface area (Å²) in [6, 6.07) is 7.77. The predicted octanol–water partition coefficient (Wildman–Crippen LogP) is 0.919. The Morgan fingerprint density at radius 3 is 2.22 bits per heavy atom. The predicted molar refractivity (Wildman–Crippen MR) is 70.1 cm³/mol. The number of nitrogens with one attached hydrogen (secondary N) is 1. The SMILES string of the molecule is CC(C)(C)c1ccc(C=NNC(=O)C(N)=O)cc1. The summed E-state index contributed by atoms with van der Waals surface area (Å²) in [5.74, 6) is -1.99. The lowest BCUT2D eigenvalue weighted by molar-refractivity contribution is -0.137. The second kappa shape index (κ2) is 5.44. The molecule has 96 valence electrons. The average Bonchev–Trinajstić information content (AvgIpc) is 2.28. The molecule has 0 heterocycles. The molecule has 0 atom stereocenters. The van der Waals surface area contributed by atoms with Gasteiger partial charge in [-0.25, -0.2) is 5.43 Å². The molecule has 0 fully saturated rings. The molecule has 0 aromatic heterocycles. The van der Waals surface area contributed by atoms with Gasteiger partial charge in [-0.2, -0.15) is 5.10 Å². The second-order valence-corrected chi connectivity index (χ2v) is 4.94. The highest BCUT2D eigenvalue weighted by atomic mass is 16.2. The Kier molecular flexibility index (Phi) is 4.20. The van der Waals surface area contributed by atoms with Crippen molar-refractivity contribution in [2.24, 2.45) is 10.8 Å². The van der Waals surface area contributed by atoms with Gasteiger partial charge < -0.3 is 5.73 Å². The van der Waals surface area contributed by atoms with Crippen molar-refractivity contribution in [1.82, 2.24) is 5.43 Å². The lowest BCUT2D eigenvalue weighted by atomic mass is 9.87. The molecule has 0 aliphatic carbocycles. The first-order chi connectivity index (χ1) is 8.30. The standard InChI is InChI=1S/C13H17N3O2/c1-13(2,3)10-6-4-9(5-7-10)8-15-16-12(18)11(14)17/h4-8H,1-3H3,(H2,14,17)(H,16,18). The van der Waals surface area contributed by atoms with Crippen molar-refractivity contribution < 1.29 is 9.59 Å². The topological polar surface area (TPSA) is 84.6 Å². The van der Waals surface area contributed by atoms with E-state index in [1.165, 1.54) is 11.8 Å². The van der Waals surface area contributed by atoms with Crippen LogP contribution in [0.5, 0.6) is 0 Å². The second-order valence-electron chi connectivity index (χ2n) is 4.94. The maximum atomic E-state index is 10.8. The minimum absolute atomic E-state index is 0.0931. The van der Waals surface area contributed by atoms with Crippen molar-refractivity contribution >= 4 is 18.0 Å². The minimum atomic E-state index is -1.06.